The zero-order chi connectivity index (χ0) is 10.1. The van der Waals surface area contributed by atoms with Crippen LogP contribution in [0.15, 0.2) is 12.3 Å². The lowest BCUT2D eigenvalue weighted by molar-refractivity contribution is 0.157. The molecule has 0 aromatic carbocycles. The molecule has 1 heterocycles. The summed E-state index contributed by atoms with van der Waals surface area (Å²) in [5, 5.41) is 0. The molecule has 1 rings (SSSR count). The quantitative estimate of drug-likeness (QED) is 0.522. The van der Waals surface area contributed by atoms with Crippen LogP contribution in [0.4, 0.5) is 0 Å². The number of unbranched alkanes of at least 4 members (excludes halogenated alkanes) is 6. The minimum Gasteiger partial charge on any atom is -0.498 e. The first-order valence-electron chi connectivity index (χ1n) is 6.24. The molecule has 14 heavy (non-hydrogen) atoms. The first-order valence-corrected chi connectivity index (χ1v) is 6.24. The molecule has 1 nitrogen and oxygen atoms in total. The predicted octanol–water partition coefficient (Wildman–Crippen LogP) is 4.43. The van der Waals surface area contributed by atoms with Crippen molar-refractivity contribution in [3.05, 3.63) is 12.3 Å². The molecule has 0 saturated carbocycles. The summed E-state index contributed by atoms with van der Waals surface area (Å²) >= 11 is 0. The Morgan fingerprint density at radius 2 is 1.79 bits per heavy atom. The van der Waals surface area contributed by atoms with Crippen LogP contribution in [-0.2, 0) is 4.74 Å². The summed E-state index contributed by atoms with van der Waals surface area (Å²) in [6, 6.07) is 0. The van der Waals surface area contributed by atoms with E-state index < -0.39 is 0 Å². The van der Waals surface area contributed by atoms with E-state index >= 15 is 0 Å². The van der Waals surface area contributed by atoms with Crippen molar-refractivity contribution < 1.29 is 4.74 Å². The maximum Gasteiger partial charge on any atom is 0.101 e. The van der Waals surface area contributed by atoms with Gasteiger partial charge >= 0.3 is 0 Å². The Morgan fingerprint density at radius 3 is 2.43 bits per heavy atom. The van der Waals surface area contributed by atoms with Crippen LogP contribution in [0.5, 0.6) is 0 Å². The maximum atomic E-state index is 5.42. The average Bonchev–Trinajstić information content (AvgIpc) is 2.69. The van der Waals surface area contributed by atoms with Crippen molar-refractivity contribution in [2.75, 3.05) is 0 Å². The van der Waals surface area contributed by atoms with Crippen molar-refractivity contribution in [3.63, 3.8) is 0 Å². The van der Waals surface area contributed by atoms with Crippen LogP contribution in [0, 0.1) is 0 Å². The molecule has 0 aromatic rings. The van der Waals surface area contributed by atoms with Gasteiger partial charge in [0, 0.05) is 6.42 Å². The Kier molecular flexibility index (Phi) is 6.55. The van der Waals surface area contributed by atoms with Crippen LogP contribution in [0.25, 0.3) is 0 Å². The summed E-state index contributed by atoms with van der Waals surface area (Å²) in [5.41, 5.74) is 0. The summed E-state index contributed by atoms with van der Waals surface area (Å²) in [6.07, 6.45) is 16.6. The smallest absolute Gasteiger partial charge is 0.101 e. The molecule has 0 saturated heterocycles. The molecular formula is C13H24O. The van der Waals surface area contributed by atoms with Crippen molar-refractivity contribution in [3.8, 4) is 0 Å². The third-order valence-corrected chi connectivity index (χ3v) is 2.90. The second kappa shape index (κ2) is 7.90. The van der Waals surface area contributed by atoms with E-state index in [9.17, 15) is 0 Å². The van der Waals surface area contributed by atoms with Crippen LogP contribution in [-0.4, -0.2) is 6.10 Å². The molecule has 1 heteroatoms. The zero-order valence-corrected chi connectivity index (χ0v) is 9.50. The van der Waals surface area contributed by atoms with Gasteiger partial charge in [0.15, 0.2) is 0 Å². The van der Waals surface area contributed by atoms with E-state index in [-0.39, 0.29) is 0 Å². The summed E-state index contributed by atoms with van der Waals surface area (Å²) in [5.74, 6) is 0. The molecule has 0 N–H and O–H groups in total. The first kappa shape index (κ1) is 11.6. The fourth-order valence-corrected chi connectivity index (χ4v) is 1.94. The molecule has 0 radical (unpaired) electrons. The van der Waals surface area contributed by atoms with Crippen molar-refractivity contribution in [1.29, 1.82) is 0 Å². The third-order valence-electron chi connectivity index (χ3n) is 2.90. The van der Waals surface area contributed by atoms with Gasteiger partial charge in [-0.15, -0.1) is 0 Å². The van der Waals surface area contributed by atoms with Gasteiger partial charge < -0.3 is 4.74 Å². The lowest BCUT2D eigenvalue weighted by Gasteiger charge is -2.09. The molecule has 0 spiro atoms. The zero-order valence-electron chi connectivity index (χ0n) is 9.50. The average molecular weight is 196 g/mol. The SMILES string of the molecule is CCCCCCCCCC1CC=CO1. The summed E-state index contributed by atoms with van der Waals surface area (Å²) in [7, 11) is 0. The van der Waals surface area contributed by atoms with Crippen LogP contribution in [0.1, 0.15) is 64.7 Å². The van der Waals surface area contributed by atoms with Crippen LogP contribution < -0.4 is 0 Å². The number of hydrogen-bond donors (Lipinski definition) is 0. The standard InChI is InChI=1S/C13H24O/c1-2-3-4-5-6-7-8-10-13-11-9-12-14-13/h9,12-13H,2-8,10-11H2,1H3. The van der Waals surface area contributed by atoms with Gasteiger partial charge in [0.2, 0.25) is 0 Å². The molecule has 0 aliphatic carbocycles. The lowest BCUT2D eigenvalue weighted by atomic mass is 10.1. The van der Waals surface area contributed by atoms with E-state index in [0.29, 0.717) is 6.10 Å². The minimum atomic E-state index is 0.505. The molecule has 1 unspecified atom stereocenters. The van der Waals surface area contributed by atoms with E-state index in [0.717, 1.165) is 6.42 Å². The van der Waals surface area contributed by atoms with Gasteiger partial charge in [-0.2, -0.15) is 0 Å². The van der Waals surface area contributed by atoms with Crippen molar-refractivity contribution in [2.24, 2.45) is 0 Å². The first-order chi connectivity index (χ1) is 6.93. The largest absolute Gasteiger partial charge is 0.498 e. The molecule has 82 valence electrons. The molecule has 1 aliphatic heterocycles. The third kappa shape index (κ3) is 5.31. The number of rotatable bonds is 8. The monoisotopic (exact) mass is 196 g/mol. The van der Waals surface area contributed by atoms with Gasteiger partial charge in [0.25, 0.3) is 0 Å². The second-order valence-corrected chi connectivity index (χ2v) is 4.28. The Morgan fingerprint density at radius 1 is 1.07 bits per heavy atom. The molecule has 0 fully saturated rings. The Bertz CT molecular complexity index is 143. The maximum absolute atomic E-state index is 5.42. The highest BCUT2D eigenvalue weighted by molar-refractivity contribution is 4.86. The summed E-state index contributed by atoms with van der Waals surface area (Å²) in [4.78, 5) is 0. The molecule has 0 bridgehead atoms. The molecule has 1 aliphatic rings. The molecule has 0 amide bonds. The molecule has 0 aromatic heterocycles. The fourth-order valence-electron chi connectivity index (χ4n) is 1.94. The Hall–Kier alpha value is -0.460. The van der Waals surface area contributed by atoms with E-state index in [1.54, 1.807) is 0 Å². The van der Waals surface area contributed by atoms with Gasteiger partial charge in [-0.25, -0.2) is 0 Å². The highest BCUT2D eigenvalue weighted by Crippen LogP contribution is 2.16. The summed E-state index contributed by atoms with van der Waals surface area (Å²) in [6.45, 7) is 2.27. The van der Waals surface area contributed by atoms with E-state index in [1.807, 2.05) is 6.26 Å². The minimum absolute atomic E-state index is 0.505. The Labute approximate surface area is 88.5 Å². The van der Waals surface area contributed by atoms with E-state index in [1.165, 1.54) is 51.4 Å². The summed E-state index contributed by atoms with van der Waals surface area (Å²) < 4.78 is 5.42. The highest BCUT2D eigenvalue weighted by atomic mass is 16.5. The number of ether oxygens (including phenoxy) is 1. The van der Waals surface area contributed by atoms with E-state index in [2.05, 4.69) is 13.0 Å². The Balaban J connectivity index is 1.75. The van der Waals surface area contributed by atoms with Gasteiger partial charge in [0.1, 0.15) is 6.10 Å². The highest BCUT2D eigenvalue weighted by Gasteiger charge is 2.09. The fraction of sp³-hybridized carbons (Fsp3) is 0.846. The lowest BCUT2D eigenvalue weighted by Crippen LogP contribution is -2.03. The topological polar surface area (TPSA) is 9.23 Å². The van der Waals surface area contributed by atoms with Gasteiger partial charge in [-0.3, -0.25) is 0 Å². The van der Waals surface area contributed by atoms with Gasteiger partial charge in [0.05, 0.1) is 6.26 Å². The number of hydrogen-bond acceptors (Lipinski definition) is 1. The van der Waals surface area contributed by atoms with Crippen molar-refractivity contribution in [2.45, 2.75) is 70.8 Å². The van der Waals surface area contributed by atoms with E-state index in [4.69, 9.17) is 4.74 Å². The molecule has 1 atom stereocenters. The molecular weight excluding hydrogens is 172 g/mol. The van der Waals surface area contributed by atoms with Gasteiger partial charge in [-0.1, -0.05) is 45.4 Å². The van der Waals surface area contributed by atoms with Crippen molar-refractivity contribution >= 4 is 0 Å². The second-order valence-electron chi connectivity index (χ2n) is 4.28. The van der Waals surface area contributed by atoms with Gasteiger partial charge in [-0.05, 0) is 18.9 Å². The normalized spacial score (nSPS) is 19.9. The van der Waals surface area contributed by atoms with Crippen LogP contribution >= 0.6 is 0 Å². The van der Waals surface area contributed by atoms with Crippen LogP contribution in [0.2, 0.25) is 0 Å². The predicted molar refractivity (Wildman–Crippen MR) is 61.2 cm³/mol. The van der Waals surface area contributed by atoms with Crippen molar-refractivity contribution in [1.82, 2.24) is 0 Å². The van der Waals surface area contributed by atoms with Crippen LogP contribution in [0.3, 0.4) is 0 Å².